The van der Waals surface area contributed by atoms with Crippen molar-refractivity contribution in [3.05, 3.63) is 0 Å². The molecule has 0 aromatic rings. The van der Waals surface area contributed by atoms with E-state index in [0.29, 0.717) is 17.7 Å². The molecule has 0 aromatic carbocycles. The molecular weight excluding hydrogens is 396 g/mol. The topological polar surface area (TPSA) is 57.2 Å². The Balaban J connectivity index is 2.50. The molecule has 0 radical (unpaired) electrons. The second kappa shape index (κ2) is 9.16. The van der Waals surface area contributed by atoms with Crippen molar-refractivity contribution in [2.45, 2.75) is 108 Å². The molecule has 2 heterocycles. The van der Waals surface area contributed by atoms with E-state index < -0.39 is 23.2 Å². The Hall–Kier alpha value is 0.584. The third-order valence-corrected chi connectivity index (χ3v) is 17.3. The first-order valence-electron chi connectivity index (χ1n) is 10.5. The standard InChI is InChI=1S/C19H40O5SSi2/c1-10-25-19-17(20)18-16(22-19)11-21-26(12(2)3,13(4)5)24-27(23-18,14(6)7)15(8)9/h12-20H,10-11H2,1-9H3/t16-,17+,18-,19-/m1/s1. The van der Waals surface area contributed by atoms with Gasteiger partial charge in [0.25, 0.3) is 0 Å². The predicted octanol–water partition coefficient (Wildman–Crippen LogP) is 4.78. The van der Waals surface area contributed by atoms with E-state index in [1.165, 1.54) is 0 Å². The Labute approximate surface area is 172 Å². The molecule has 0 bridgehead atoms. The van der Waals surface area contributed by atoms with Gasteiger partial charge in [0.05, 0.1) is 6.61 Å². The first-order valence-corrected chi connectivity index (χ1v) is 15.5. The number of aliphatic hydroxyl groups is 1. The molecule has 2 fully saturated rings. The van der Waals surface area contributed by atoms with E-state index in [4.69, 9.17) is 17.7 Å². The average molecular weight is 437 g/mol. The van der Waals surface area contributed by atoms with Gasteiger partial charge in [-0.05, 0) is 27.9 Å². The molecule has 2 rings (SSSR count). The Bertz CT molecular complexity index is 473. The lowest BCUT2D eigenvalue weighted by Crippen LogP contribution is -2.65. The summed E-state index contributed by atoms with van der Waals surface area (Å²) in [5.74, 6) is 0.895. The number of thioether (sulfide) groups is 1. The van der Waals surface area contributed by atoms with Crippen LogP contribution in [0.15, 0.2) is 0 Å². The van der Waals surface area contributed by atoms with Crippen molar-refractivity contribution in [3.8, 4) is 0 Å². The van der Waals surface area contributed by atoms with Crippen LogP contribution in [0, 0.1) is 0 Å². The quantitative estimate of drug-likeness (QED) is 0.605. The SMILES string of the molecule is CCS[C@H]1O[C@@H]2CO[Si](C(C)C)(C(C)C)O[Si](C(C)C)(C(C)C)O[C@H]2[C@@H]1O. The van der Waals surface area contributed by atoms with Crippen LogP contribution in [0.25, 0.3) is 0 Å². The third-order valence-electron chi connectivity index (χ3n) is 5.95. The molecular formula is C19H40O5SSi2. The van der Waals surface area contributed by atoms with E-state index in [1.54, 1.807) is 11.8 Å². The highest BCUT2D eigenvalue weighted by Crippen LogP contribution is 2.48. The summed E-state index contributed by atoms with van der Waals surface area (Å²) in [6, 6.07) is 0. The molecule has 2 aliphatic heterocycles. The van der Waals surface area contributed by atoms with Crippen LogP contribution < -0.4 is 0 Å². The fourth-order valence-electron chi connectivity index (χ4n) is 4.43. The maximum atomic E-state index is 10.9. The summed E-state index contributed by atoms with van der Waals surface area (Å²) in [6.07, 6.45) is -1.26. The summed E-state index contributed by atoms with van der Waals surface area (Å²) >= 11 is 1.63. The van der Waals surface area contributed by atoms with Crippen LogP contribution in [0.3, 0.4) is 0 Å². The lowest BCUT2D eigenvalue weighted by Gasteiger charge is -2.51. The number of fused-ring (bicyclic) bond motifs is 1. The van der Waals surface area contributed by atoms with Gasteiger partial charge in [-0.2, -0.15) is 0 Å². The van der Waals surface area contributed by atoms with Crippen molar-refractivity contribution in [1.29, 1.82) is 0 Å². The van der Waals surface area contributed by atoms with Gasteiger partial charge in [-0.1, -0.05) is 62.3 Å². The average Bonchev–Trinajstić information content (AvgIpc) is 2.82. The highest BCUT2D eigenvalue weighted by atomic mass is 32.2. The molecule has 0 aromatic heterocycles. The second-order valence-electron chi connectivity index (χ2n) is 9.05. The first kappa shape index (κ1) is 23.9. The summed E-state index contributed by atoms with van der Waals surface area (Å²) < 4.78 is 26.9. The molecule has 0 aliphatic carbocycles. The molecule has 4 atom stereocenters. The molecule has 8 heteroatoms. The molecule has 1 N–H and O–H groups in total. The molecule has 0 amide bonds. The largest absolute Gasteiger partial charge is 0.414 e. The van der Waals surface area contributed by atoms with E-state index in [-0.39, 0.29) is 28.7 Å². The zero-order valence-corrected chi connectivity index (χ0v) is 21.3. The zero-order chi connectivity index (χ0) is 20.6. The van der Waals surface area contributed by atoms with Gasteiger partial charge in [0.1, 0.15) is 23.7 Å². The maximum absolute atomic E-state index is 10.9. The van der Waals surface area contributed by atoms with Crippen LogP contribution >= 0.6 is 11.8 Å². The monoisotopic (exact) mass is 436 g/mol. The van der Waals surface area contributed by atoms with Gasteiger partial charge in [0, 0.05) is 0 Å². The van der Waals surface area contributed by atoms with Crippen molar-refractivity contribution >= 4 is 28.9 Å². The number of ether oxygens (including phenoxy) is 1. The lowest BCUT2D eigenvalue weighted by atomic mass is 10.2. The van der Waals surface area contributed by atoms with Crippen molar-refractivity contribution in [1.82, 2.24) is 0 Å². The van der Waals surface area contributed by atoms with E-state index in [1.807, 2.05) is 0 Å². The van der Waals surface area contributed by atoms with Crippen LogP contribution in [0.5, 0.6) is 0 Å². The molecule has 160 valence electrons. The number of hydrogen-bond donors (Lipinski definition) is 1. The van der Waals surface area contributed by atoms with Crippen molar-refractivity contribution in [2.24, 2.45) is 0 Å². The molecule has 5 nitrogen and oxygen atoms in total. The number of hydrogen-bond acceptors (Lipinski definition) is 6. The minimum absolute atomic E-state index is 0.235. The minimum Gasteiger partial charge on any atom is -0.414 e. The number of rotatable bonds is 6. The van der Waals surface area contributed by atoms with Gasteiger partial charge in [-0.25, -0.2) is 0 Å². The van der Waals surface area contributed by atoms with Gasteiger partial charge in [0.2, 0.25) is 0 Å². The third kappa shape index (κ3) is 4.38. The normalized spacial score (nSPS) is 33.6. The fraction of sp³-hybridized carbons (Fsp3) is 1.00. The van der Waals surface area contributed by atoms with Gasteiger partial charge in [-0.15, -0.1) is 11.8 Å². The van der Waals surface area contributed by atoms with Crippen LogP contribution in [0.1, 0.15) is 62.3 Å². The Morgan fingerprint density at radius 1 is 0.926 bits per heavy atom. The van der Waals surface area contributed by atoms with Crippen molar-refractivity contribution in [3.63, 3.8) is 0 Å². The molecule has 0 spiro atoms. The molecule has 0 saturated carbocycles. The summed E-state index contributed by atoms with van der Waals surface area (Å²) in [5, 5.41) is 10.9. The lowest BCUT2D eigenvalue weighted by molar-refractivity contribution is -0.0314. The predicted molar refractivity (Wildman–Crippen MR) is 117 cm³/mol. The summed E-state index contributed by atoms with van der Waals surface area (Å²) in [7, 11) is -5.21. The molecule has 2 aliphatic rings. The van der Waals surface area contributed by atoms with Crippen LogP contribution in [-0.2, 0) is 17.7 Å². The maximum Gasteiger partial charge on any atom is 0.335 e. The van der Waals surface area contributed by atoms with E-state index in [9.17, 15) is 5.11 Å². The molecule has 0 unspecified atom stereocenters. The van der Waals surface area contributed by atoms with Crippen molar-refractivity contribution < 1.29 is 22.8 Å². The van der Waals surface area contributed by atoms with E-state index in [0.717, 1.165) is 5.75 Å². The summed E-state index contributed by atoms with van der Waals surface area (Å²) in [4.78, 5) is 0. The molecule has 2 saturated heterocycles. The first-order chi connectivity index (χ1) is 12.5. The summed E-state index contributed by atoms with van der Waals surface area (Å²) in [6.45, 7) is 20.2. The number of aliphatic hydroxyl groups excluding tert-OH is 1. The smallest absolute Gasteiger partial charge is 0.335 e. The highest BCUT2D eigenvalue weighted by Gasteiger charge is 2.61. The van der Waals surface area contributed by atoms with Crippen LogP contribution in [-0.4, -0.2) is 58.3 Å². The van der Waals surface area contributed by atoms with Crippen molar-refractivity contribution in [2.75, 3.05) is 12.4 Å². The molecule has 27 heavy (non-hydrogen) atoms. The highest BCUT2D eigenvalue weighted by molar-refractivity contribution is 7.99. The van der Waals surface area contributed by atoms with Crippen LogP contribution in [0.4, 0.5) is 0 Å². The fourth-order valence-corrected chi connectivity index (χ4v) is 16.5. The second-order valence-corrected chi connectivity index (χ2v) is 19.3. The van der Waals surface area contributed by atoms with E-state index >= 15 is 0 Å². The Kier molecular flexibility index (Phi) is 8.09. The summed E-state index contributed by atoms with van der Waals surface area (Å²) in [5.41, 5.74) is 0.888. The minimum atomic E-state index is -2.67. The van der Waals surface area contributed by atoms with Gasteiger partial charge < -0.3 is 22.8 Å². The zero-order valence-electron chi connectivity index (χ0n) is 18.5. The Morgan fingerprint density at radius 2 is 1.44 bits per heavy atom. The van der Waals surface area contributed by atoms with Gasteiger partial charge in [0.15, 0.2) is 0 Å². The van der Waals surface area contributed by atoms with Gasteiger partial charge >= 0.3 is 17.1 Å². The Morgan fingerprint density at radius 3 is 1.89 bits per heavy atom. The van der Waals surface area contributed by atoms with Gasteiger partial charge in [-0.3, -0.25) is 0 Å². The van der Waals surface area contributed by atoms with E-state index in [2.05, 4.69) is 62.3 Å². The van der Waals surface area contributed by atoms with Crippen LogP contribution in [0.2, 0.25) is 22.2 Å².